The van der Waals surface area contributed by atoms with Crippen LogP contribution in [0.2, 0.25) is 0 Å². The third-order valence-corrected chi connectivity index (χ3v) is 4.16. The van der Waals surface area contributed by atoms with Gasteiger partial charge in [-0.25, -0.2) is 9.18 Å². The summed E-state index contributed by atoms with van der Waals surface area (Å²) in [4.78, 5) is 10.9. The van der Waals surface area contributed by atoms with Crippen LogP contribution in [0.5, 0.6) is 5.75 Å². The number of carbonyl (C=O) groups is 1. The van der Waals surface area contributed by atoms with Crippen LogP contribution in [-0.2, 0) is 19.7 Å². The van der Waals surface area contributed by atoms with Gasteiger partial charge in [0.05, 0.1) is 5.56 Å². The second-order valence-electron chi connectivity index (χ2n) is 6.09. The Morgan fingerprint density at radius 3 is 2.21 bits per heavy atom. The Kier molecular flexibility index (Phi) is 7.99. The van der Waals surface area contributed by atoms with Gasteiger partial charge in [0.25, 0.3) is 0 Å². The summed E-state index contributed by atoms with van der Waals surface area (Å²) in [5.74, 6) is -0.511. The van der Waals surface area contributed by atoms with Gasteiger partial charge in [-0.1, -0.05) is 48.5 Å². The zero-order chi connectivity index (χ0) is 19.1. The highest BCUT2D eigenvalue weighted by atomic mass is 35.5. The van der Waals surface area contributed by atoms with Crippen molar-refractivity contribution >= 4 is 18.4 Å². The van der Waals surface area contributed by atoms with Crippen LogP contribution in [0.4, 0.5) is 4.39 Å². The van der Waals surface area contributed by atoms with Crippen LogP contribution in [0.25, 0.3) is 0 Å². The van der Waals surface area contributed by atoms with Gasteiger partial charge in [-0.15, -0.1) is 12.4 Å². The van der Waals surface area contributed by atoms with Gasteiger partial charge < -0.3 is 15.2 Å². The molecule has 0 radical (unpaired) electrons. The van der Waals surface area contributed by atoms with Crippen molar-refractivity contribution in [1.82, 2.24) is 5.32 Å². The van der Waals surface area contributed by atoms with E-state index in [1.165, 1.54) is 6.07 Å². The summed E-state index contributed by atoms with van der Waals surface area (Å²) in [6, 6.07) is 20.9. The predicted molar refractivity (Wildman–Crippen MR) is 108 cm³/mol. The fourth-order valence-corrected chi connectivity index (χ4v) is 2.67. The highest BCUT2D eigenvalue weighted by molar-refractivity contribution is 5.87. The van der Waals surface area contributed by atoms with Gasteiger partial charge in [0, 0.05) is 24.2 Å². The van der Waals surface area contributed by atoms with E-state index in [1.54, 1.807) is 42.5 Å². The summed E-state index contributed by atoms with van der Waals surface area (Å²) in [5, 5.41) is 12.2. The fourth-order valence-electron chi connectivity index (χ4n) is 2.67. The van der Waals surface area contributed by atoms with Crippen LogP contribution in [-0.4, -0.2) is 11.1 Å². The topological polar surface area (TPSA) is 58.6 Å². The zero-order valence-electron chi connectivity index (χ0n) is 15.1. The van der Waals surface area contributed by atoms with Crippen molar-refractivity contribution in [3.63, 3.8) is 0 Å². The molecule has 0 unspecified atom stereocenters. The van der Waals surface area contributed by atoms with E-state index < -0.39 is 5.97 Å². The van der Waals surface area contributed by atoms with Crippen molar-refractivity contribution in [3.05, 3.63) is 101 Å². The van der Waals surface area contributed by atoms with E-state index in [0.29, 0.717) is 24.4 Å². The first-order valence-corrected chi connectivity index (χ1v) is 8.60. The van der Waals surface area contributed by atoms with Crippen LogP contribution in [0.1, 0.15) is 27.0 Å². The largest absolute Gasteiger partial charge is 0.488 e. The third-order valence-electron chi connectivity index (χ3n) is 4.16. The molecule has 0 amide bonds. The number of aromatic carboxylic acids is 1. The molecule has 0 aromatic heterocycles. The normalized spacial score (nSPS) is 10.2. The van der Waals surface area contributed by atoms with Crippen molar-refractivity contribution in [2.45, 2.75) is 19.7 Å². The summed E-state index contributed by atoms with van der Waals surface area (Å²) in [7, 11) is 0. The van der Waals surface area contributed by atoms with Crippen LogP contribution < -0.4 is 10.1 Å². The molecule has 0 bridgehead atoms. The quantitative estimate of drug-likeness (QED) is 0.568. The van der Waals surface area contributed by atoms with Crippen LogP contribution in [0.15, 0.2) is 72.8 Å². The van der Waals surface area contributed by atoms with Crippen molar-refractivity contribution in [2.24, 2.45) is 0 Å². The van der Waals surface area contributed by atoms with E-state index in [0.717, 1.165) is 11.1 Å². The highest BCUT2D eigenvalue weighted by Gasteiger charge is 2.06. The minimum absolute atomic E-state index is 0. The second kappa shape index (κ2) is 10.4. The molecule has 6 heteroatoms. The summed E-state index contributed by atoms with van der Waals surface area (Å²) >= 11 is 0. The summed E-state index contributed by atoms with van der Waals surface area (Å²) in [5.41, 5.74) is 2.74. The fraction of sp³-hybridized carbons (Fsp3) is 0.136. The number of hydrogen-bond acceptors (Lipinski definition) is 3. The van der Waals surface area contributed by atoms with Gasteiger partial charge >= 0.3 is 5.97 Å². The lowest BCUT2D eigenvalue weighted by molar-refractivity contribution is 0.0697. The molecule has 4 nitrogen and oxygen atoms in total. The predicted octanol–water partition coefficient (Wildman–Crippen LogP) is 4.81. The second-order valence-corrected chi connectivity index (χ2v) is 6.09. The standard InChI is InChI=1S/C22H20FNO3.ClH/c23-20-7-3-1-6-19(20)15-27-21-8-4-2-5-18(21)14-24-13-16-9-11-17(12-10-16)22(25)26;/h1-12,24H,13-15H2,(H,25,26);1H. The number of rotatable bonds is 8. The van der Waals surface area contributed by atoms with Gasteiger partial charge in [0.15, 0.2) is 0 Å². The minimum atomic E-state index is -0.935. The van der Waals surface area contributed by atoms with Gasteiger partial charge in [0.2, 0.25) is 0 Å². The Balaban J connectivity index is 0.00000280. The lowest BCUT2D eigenvalue weighted by Crippen LogP contribution is -2.14. The molecular weight excluding hydrogens is 381 g/mol. The summed E-state index contributed by atoms with van der Waals surface area (Å²) < 4.78 is 19.5. The number of carboxylic acid groups (broad SMARTS) is 1. The number of nitrogens with one attached hydrogen (secondary N) is 1. The first kappa shape index (κ1) is 21.4. The number of benzene rings is 3. The first-order chi connectivity index (χ1) is 13.1. The Labute approximate surface area is 169 Å². The number of hydrogen-bond donors (Lipinski definition) is 2. The summed E-state index contributed by atoms with van der Waals surface area (Å²) in [6.45, 7) is 1.34. The molecule has 0 fully saturated rings. The third kappa shape index (κ3) is 5.81. The van der Waals surface area contributed by atoms with Gasteiger partial charge in [-0.2, -0.15) is 0 Å². The molecular formula is C22H21ClFNO3. The number of ether oxygens (including phenoxy) is 1. The van der Waals surface area contributed by atoms with Crippen molar-refractivity contribution in [1.29, 1.82) is 0 Å². The molecule has 2 N–H and O–H groups in total. The van der Waals surface area contributed by atoms with Crippen LogP contribution >= 0.6 is 12.4 Å². The maximum absolute atomic E-state index is 13.7. The highest BCUT2D eigenvalue weighted by Crippen LogP contribution is 2.20. The Bertz CT molecular complexity index is 916. The zero-order valence-corrected chi connectivity index (χ0v) is 15.9. The molecule has 3 aromatic rings. The molecule has 0 aliphatic rings. The van der Waals surface area contributed by atoms with Crippen molar-refractivity contribution in [3.8, 4) is 5.75 Å². The van der Waals surface area contributed by atoms with E-state index in [9.17, 15) is 9.18 Å². The molecule has 0 saturated heterocycles. The molecule has 0 aliphatic heterocycles. The molecule has 0 aliphatic carbocycles. The summed E-state index contributed by atoms with van der Waals surface area (Å²) in [6.07, 6.45) is 0. The number of para-hydroxylation sites is 1. The van der Waals surface area contributed by atoms with Crippen molar-refractivity contribution < 1.29 is 19.0 Å². The molecule has 0 spiro atoms. The Morgan fingerprint density at radius 2 is 1.54 bits per heavy atom. The van der Waals surface area contributed by atoms with E-state index in [4.69, 9.17) is 9.84 Å². The molecule has 3 rings (SSSR count). The van der Waals surface area contributed by atoms with Gasteiger partial charge in [-0.05, 0) is 29.8 Å². The molecule has 146 valence electrons. The Hall–Kier alpha value is -2.89. The lowest BCUT2D eigenvalue weighted by Gasteiger charge is -2.13. The molecule has 0 atom stereocenters. The van der Waals surface area contributed by atoms with E-state index in [1.807, 2.05) is 24.3 Å². The molecule has 3 aromatic carbocycles. The number of halogens is 2. The molecule has 0 saturated carbocycles. The van der Waals surface area contributed by atoms with E-state index >= 15 is 0 Å². The minimum Gasteiger partial charge on any atom is -0.488 e. The monoisotopic (exact) mass is 401 g/mol. The lowest BCUT2D eigenvalue weighted by atomic mass is 10.1. The Morgan fingerprint density at radius 1 is 0.893 bits per heavy atom. The van der Waals surface area contributed by atoms with Crippen LogP contribution in [0.3, 0.4) is 0 Å². The maximum Gasteiger partial charge on any atom is 0.335 e. The van der Waals surface area contributed by atoms with E-state index in [2.05, 4.69) is 5.32 Å². The van der Waals surface area contributed by atoms with Gasteiger partial charge in [-0.3, -0.25) is 0 Å². The SMILES string of the molecule is Cl.O=C(O)c1ccc(CNCc2ccccc2OCc2ccccc2F)cc1. The average Bonchev–Trinajstić information content (AvgIpc) is 2.69. The van der Waals surface area contributed by atoms with Gasteiger partial charge in [0.1, 0.15) is 18.2 Å². The van der Waals surface area contributed by atoms with Crippen LogP contribution in [0, 0.1) is 5.82 Å². The van der Waals surface area contributed by atoms with Crippen molar-refractivity contribution in [2.75, 3.05) is 0 Å². The van der Waals surface area contributed by atoms with E-state index in [-0.39, 0.29) is 30.4 Å². The first-order valence-electron chi connectivity index (χ1n) is 8.60. The smallest absolute Gasteiger partial charge is 0.335 e. The number of carboxylic acids is 1. The molecule has 28 heavy (non-hydrogen) atoms. The maximum atomic E-state index is 13.7. The average molecular weight is 402 g/mol. The molecule has 0 heterocycles.